The minimum Gasteiger partial charge on any atom is -0.488 e. The summed E-state index contributed by atoms with van der Waals surface area (Å²) in [7, 11) is 0. The molecule has 0 saturated carbocycles. The third kappa shape index (κ3) is 4.48. The number of carboxylic acids is 1. The first-order valence-electron chi connectivity index (χ1n) is 9.46. The lowest BCUT2D eigenvalue weighted by Gasteiger charge is -2.15. The quantitative estimate of drug-likeness (QED) is 0.496. The van der Waals surface area contributed by atoms with Crippen LogP contribution in [0.3, 0.4) is 0 Å². The van der Waals surface area contributed by atoms with Crippen LogP contribution < -0.4 is 4.74 Å². The number of aromatic carboxylic acids is 1. The zero-order valence-corrected chi connectivity index (χ0v) is 17.5. The van der Waals surface area contributed by atoms with Gasteiger partial charge in [0.2, 0.25) is 0 Å². The van der Waals surface area contributed by atoms with Gasteiger partial charge >= 0.3 is 5.97 Å². The molecule has 1 N–H and O–H groups in total. The first kappa shape index (κ1) is 20.4. The zero-order valence-electron chi connectivity index (χ0n) is 15.9. The van der Waals surface area contributed by atoms with E-state index in [2.05, 4.69) is 9.97 Å². The first-order valence-corrected chi connectivity index (χ1v) is 10.2. The summed E-state index contributed by atoms with van der Waals surface area (Å²) in [6.45, 7) is 0.392. The molecule has 3 aromatic rings. The van der Waals surface area contributed by atoms with E-state index in [4.69, 9.17) is 27.9 Å². The van der Waals surface area contributed by atoms with Crippen molar-refractivity contribution in [2.24, 2.45) is 0 Å². The summed E-state index contributed by atoms with van der Waals surface area (Å²) in [5.41, 5.74) is 4.43. The summed E-state index contributed by atoms with van der Waals surface area (Å²) < 4.78 is 6.11. The van der Waals surface area contributed by atoms with Crippen molar-refractivity contribution in [3.05, 3.63) is 87.4 Å². The number of hydrogen-bond acceptors (Lipinski definition) is 4. The van der Waals surface area contributed by atoms with Gasteiger partial charge in [0.1, 0.15) is 12.4 Å². The molecule has 0 fully saturated rings. The van der Waals surface area contributed by atoms with Gasteiger partial charge in [0.25, 0.3) is 0 Å². The van der Waals surface area contributed by atoms with Gasteiger partial charge in [-0.3, -0.25) is 4.98 Å². The fourth-order valence-electron chi connectivity index (χ4n) is 3.54. The molecule has 4 rings (SSSR count). The van der Waals surface area contributed by atoms with Gasteiger partial charge in [0.15, 0.2) is 5.69 Å². The Bertz CT molecular complexity index is 1130. The Morgan fingerprint density at radius 2 is 1.73 bits per heavy atom. The highest BCUT2D eigenvalue weighted by molar-refractivity contribution is 6.31. The number of benzene rings is 2. The van der Waals surface area contributed by atoms with E-state index in [0.29, 0.717) is 28.1 Å². The number of halogens is 2. The second-order valence-corrected chi connectivity index (χ2v) is 7.83. The topological polar surface area (TPSA) is 72.3 Å². The van der Waals surface area contributed by atoms with Crippen molar-refractivity contribution in [3.8, 4) is 5.75 Å². The molecule has 0 amide bonds. The Balaban J connectivity index is 1.70. The largest absolute Gasteiger partial charge is 0.488 e. The van der Waals surface area contributed by atoms with E-state index < -0.39 is 5.97 Å². The molecule has 1 aliphatic rings. The average Bonchev–Trinajstić information content (AvgIpc) is 3.24. The zero-order chi connectivity index (χ0) is 21.1. The highest BCUT2D eigenvalue weighted by Gasteiger charge is 2.23. The SMILES string of the molecule is O=C(O)c1cncc(C2=C(c3cc(Cl)ccc3OCc3ccc(Cl)cc3)CCC2)n1. The van der Waals surface area contributed by atoms with Crippen LogP contribution in [0.25, 0.3) is 11.1 Å². The lowest BCUT2D eigenvalue weighted by molar-refractivity contribution is 0.0690. The van der Waals surface area contributed by atoms with Gasteiger partial charge in [-0.2, -0.15) is 0 Å². The van der Waals surface area contributed by atoms with Gasteiger partial charge in [-0.1, -0.05) is 35.3 Å². The molecule has 0 aliphatic heterocycles. The second kappa shape index (κ2) is 8.86. The van der Waals surface area contributed by atoms with Gasteiger partial charge in [0.05, 0.1) is 18.1 Å². The van der Waals surface area contributed by atoms with Crippen molar-refractivity contribution in [1.29, 1.82) is 0 Å². The number of carbonyl (C=O) groups is 1. The molecule has 0 radical (unpaired) electrons. The van der Waals surface area contributed by atoms with Gasteiger partial charge in [0, 0.05) is 15.6 Å². The lowest BCUT2D eigenvalue weighted by Crippen LogP contribution is -2.04. The van der Waals surface area contributed by atoms with Crippen LogP contribution in [0.2, 0.25) is 10.0 Å². The molecular formula is C23H18Cl2N2O3. The highest BCUT2D eigenvalue weighted by Crippen LogP contribution is 2.43. The maximum absolute atomic E-state index is 11.3. The molecule has 1 aliphatic carbocycles. The second-order valence-electron chi connectivity index (χ2n) is 6.96. The van der Waals surface area contributed by atoms with E-state index in [0.717, 1.165) is 41.5 Å². The molecule has 152 valence electrons. The Hall–Kier alpha value is -2.89. The molecule has 0 unspecified atom stereocenters. The van der Waals surface area contributed by atoms with Gasteiger partial charge in [-0.15, -0.1) is 0 Å². The molecule has 2 aromatic carbocycles. The molecule has 30 heavy (non-hydrogen) atoms. The predicted octanol–water partition coefficient (Wildman–Crippen LogP) is 6.16. The third-order valence-corrected chi connectivity index (χ3v) is 5.44. The predicted molar refractivity (Wildman–Crippen MR) is 117 cm³/mol. The summed E-state index contributed by atoms with van der Waals surface area (Å²) in [6, 6.07) is 13.0. The van der Waals surface area contributed by atoms with Crippen molar-refractivity contribution in [3.63, 3.8) is 0 Å². The van der Waals surface area contributed by atoms with Gasteiger partial charge in [-0.05, 0) is 66.3 Å². The van der Waals surface area contributed by atoms with E-state index in [1.165, 1.54) is 6.20 Å². The summed E-state index contributed by atoms with van der Waals surface area (Å²) in [5.74, 6) is -0.384. The van der Waals surface area contributed by atoms with E-state index in [1.54, 1.807) is 12.3 Å². The number of hydrogen-bond donors (Lipinski definition) is 1. The number of carboxylic acid groups (broad SMARTS) is 1. The Kier molecular flexibility index (Phi) is 6.02. The Morgan fingerprint density at radius 3 is 2.50 bits per heavy atom. The van der Waals surface area contributed by atoms with Gasteiger partial charge < -0.3 is 9.84 Å². The molecule has 1 heterocycles. The average molecular weight is 441 g/mol. The molecular weight excluding hydrogens is 423 g/mol. The summed E-state index contributed by atoms with van der Waals surface area (Å²) in [4.78, 5) is 19.6. The van der Waals surface area contributed by atoms with Crippen molar-refractivity contribution in [1.82, 2.24) is 9.97 Å². The summed E-state index contributed by atoms with van der Waals surface area (Å²) in [5, 5.41) is 10.5. The van der Waals surface area contributed by atoms with Gasteiger partial charge in [-0.25, -0.2) is 9.78 Å². The molecule has 1 aromatic heterocycles. The van der Waals surface area contributed by atoms with Crippen molar-refractivity contribution in [2.45, 2.75) is 25.9 Å². The fraction of sp³-hybridized carbons (Fsp3) is 0.174. The molecule has 0 saturated heterocycles. The Labute approximate surface area is 184 Å². The molecule has 0 spiro atoms. The number of nitrogens with zero attached hydrogens (tertiary/aromatic N) is 2. The minimum absolute atomic E-state index is 0.0726. The number of aromatic nitrogens is 2. The van der Waals surface area contributed by atoms with Crippen LogP contribution in [-0.4, -0.2) is 21.0 Å². The maximum atomic E-state index is 11.3. The van der Waals surface area contributed by atoms with Crippen LogP contribution in [0.4, 0.5) is 0 Å². The molecule has 5 nitrogen and oxygen atoms in total. The van der Waals surface area contributed by atoms with Crippen LogP contribution in [0, 0.1) is 0 Å². The number of ether oxygens (including phenoxy) is 1. The normalized spacial score (nSPS) is 13.5. The summed E-state index contributed by atoms with van der Waals surface area (Å²) in [6.07, 6.45) is 5.40. The minimum atomic E-state index is -1.10. The van der Waals surface area contributed by atoms with E-state index in [9.17, 15) is 9.90 Å². The van der Waals surface area contributed by atoms with Crippen molar-refractivity contribution < 1.29 is 14.6 Å². The fourth-order valence-corrected chi connectivity index (χ4v) is 3.84. The third-order valence-electron chi connectivity index (χ3n) is 4.96. The molecule has 0 bridgehead atoms. The monoisotopic (exact) mass is 440 g/mol. The van der Waals surface area contributed by atoms with Crippen LogP contribution in [0.5, 0.6) is 5.75 Å². The molecule has 7 heteroatoms. The van der Waals surface area contributed by atoms with E-state index in [1.807, 2.05) is 36.4 Å². The first-order chi connectivity index (χ1) is 14.5. The lowest BCUT2D eigenvalue weighted by atomic mass is 9.99. The van der Waals surface area contributed by atoms with Crippen LogP contribution in [0.15, 0.2) is 54.9 Å². The van der Waals surface area contributed by atoms with Crippen LogP contribution in [0.1, 0.15) is 46.6 Å². The Morgan fingerprint density at radius 1 is 1.00 bits per heavy atom. The number of rotatable bonds is 6. The van der Waals surface area contributed by atoms with E-state index in [-0.39, 0.29) is 5.69 Å². The summed E-state index contributed by atoms with van der Waals surface area (Å²) >= 11 is 12.2. The van der Waals surface area contributed by atoms with Crippen LogP contribution in [-0.2, 0) is 6.61 Å². The maximum Gasteiger partial charge on any atom is 0.356 e. The molecule has 0 atom stereocenters. The van der Waals surface area contributed by atoms with Crippen molar-refractivity contribution >= 4 is 40.3 Å². The standard InChI is InChI=1S/C23H18Cl2N2O3/c24-15-6-4-14(5-7-15)13-30-22-9-8-16(25)10-19(22)17-2-1-3-18(17)20-11-26-12-21(27-20)23(28)29/h4-12H,1-3,13H2,(H,28,29). The highest BCUT2D eigenvalue weighted by atomic mass is 35.5. The van der Waals surface area contributed by atoms with Crippen molar-refractivity contribution in [2.75, 3.05) is 0 Å². The van der Waals surface area contributed by atoms with E-state index >= 15 is 0 Å². The number of allylic oxidation sites excluding steroid dienone is 2. The van der Waals surface area contributed by atoms with Crippen LogP contribution >= 0.6 is 23.2 Å². The smallest absolute Gasteiger partial charge is 0.356 e.